The van der Waals surface area contributed by atoms with Gasteiger partial charge in [-0.3, -0.25) is 4.37 Å². The van der Waals surface area contributed by atoms with E-state index in [1.807, 2.05) is 36.4 Å². The van der Waals surface area contributed by atoms with Gasteiger partial charge in [0.1, 0.15) is 34.0 Å². The Bertz CT molecular complexity index is 2430. The van der Waals surface area contributed by atoms with Crippen LogP contribution in [0.3, 0.4) is 0 Å². The van der Waals surface area contributed by atoms with Crippen molar-refractivity contribution in [3.63, 3.8) is 0 Å². The summed E-state index contributed by atoms with van der Waals surface area (Å²) >= 11 is 1.31. The van der Waals surface area contributed by atoms with E-state index in [1.165, 1.54) is 88.8 Å². The number of H-pyrrole nitrogens is 1. The second-order valence-corrected chi connectivity index (χ2v) is 19.5. The zero-order valence-corrected chi connectivity index (χ0v) is 38.4. The number of nitrogens with zero attached hydrogens (tertiary/aromatic N) is 3. The van der Waals surface area contributed by atoms with E-state index < -0.39 is 0 Å². The molecule has 0 atom stereocenters. The number of fused-ring (bicyclic) bond motifs is 2. The number of halogens is 2. The van der Waals surface area contributed by atoms with Gasteiger partial charge in [-0.15, -0.1) is 0 Å². The first-order valence-electron chi connectivity index (χ1n) is 24.4. The quantitative estimate of drug-likeness (QED) is 0.0985. The summed E-state index contributed by atoms with van der Waals surface area (Å²) in [7, 11) is 0. The van der Waals surface area contributed by atoms with Gasteiger partial charge in [0.15, 0.2) is 0 Å². The molecule has 2 heterocycles. The molecule has 7 heteroatoms. The predicted octanol–water partition coefficient (Wildman–Crippen LogP) is 17.2. The molecule has 9 rings (SSSR count). The van der Waals surface area contributed by atoms with Crippen LogP contribution in [0.1, 0.15) is 159 Å². The molecule has 328 valence electrons. The molecule has 0 spiro atoms. The summed E-state index contributed by atoms with van der Waals surface area (Å²) < 4.78 is 40.2. The average Bonchev–Trinajstić information content (AvgIpc) is 3.97. The summed E-state index contributed by atoms with van der Waals surface area (Å²) in [4.78, 5) is 10.3. The van der Waals surface area contributed by atoms with Gasteiger partial charge in [-0.2, -0.15) is 4.37 Å². The lowest BCUT2D eigenvalue weighted by atomic mass is 9.77. The fourth-order valence-electron chi connectivity index (χ4n) is 11.0. The van der Waals surface area contributed by atoms with Crippen LogP contribution < -0.4 is 0 Å². The van der Waals surface area contributed by atoms with Crippen LogP contribution in [-0.2, 0) is 6.42 Å². The number of hydrogen-bond acceptors (Lipinski definition) is 4. The molecule has 2 saturated carbocycles. The van der Waals surface area contributed by atoms with E-state index in [4.69, 9.17) is 14.3 Å². The minimum absolute atomic E-state index is 0.155. The summed E-state index contributed by atoms with van der Waals surface area (Å²) in [6.07, 6.45) is 21.9. The molecule has 0 radical (unpaired) electrons. The minimum Gasteiger partial charge on any atom is -0.293 e. The van der Waals surface area contributed by atoms with Gasteiger partial charge in [-0.05, 0) is 127 Å². The maximum absolute atomic E-state index is 15.9. The highest BCUT2D eigenvalue weighted by atomic mass is 32.1. The molecule has 5 aromatic carbocycles. The first-order valence-corrected chi connectivity index (χ1v) is 25.2. The van der Waals surface area contributed by atoms with Crippen LogP contribution in [0.4, 0.5) is 8.78 Å². The van der Waals surface area contributed by atoms with Crippen molar-refractivity contribution >= 4 is 33.8 Å². The smallest absolute Gasteiger partial charge is 0.131 e. The summed E-state index contributed by atoms with van der Waals surface area (Å²) in [5.74, 6) is 3.05. The Morgan fingerprint density at radius 2 is 0.984 bits per heavy atom. The first-order chi connectivity index (χ1) is 30.9. The lowest BCUT2D eigenvalue weighted by molar-refractivity contribution is 0.302. The van der Waals surface area contributed by atoms with Crippen LogP contribution in [0.5, 0.6) is 0 Å². The molecule has 2 fully saturated rings. The van der Waals surface area contributed by atoms with Crippen LogP contribution in [0.25, 0.3) is 66.6 Å². The summed E-state index contributed by atoms with van der Waals surface area (Å²) in [5, 5.41) is 0. The molecule has 0 saturated heterocycles. The van der Waals surface area contributed by atoms with Crippen LogP contribution in [-0.4, -0.2) is 18.7 Å². The van der Waals surface area contributed by atoms with Crippen LogP contribution in [0.2, 0.25) is 0 Å². The summed E-state index contributed by atoms with van der Waals surface area (Å²) in [6.45, 7) is 6.68. The van der Waals surface area contributed by atoms with E-state index in [-0.39, 0.29) is 11.6 Å². The summed E-state index contributed by atoms with van der Waals surface area (Å²) in [6, 6.07) is 28.2. The average molecular weight is 863 g/mol. The van der Waals surface area contributed by atoms with Gasteiger partial charge in [-0.25, -0.2) is 18.7 Å². The van der Waals surface area contributed by atoms with Gasteiger partial charge in [0.25, 0.3) is 0 Å². The molecule has 2 aromatic heterocycles. The van der Waals surface area contributed by atoms with Crippen molar-refractivity contribution in [2.24, 2.45) is 11.8 Å². The highest BCUT2D eigenvalue weighted by Crippen LogP contribution is 2.44. The monoisotopic (exact) mass is 862 g/mol. The van der Waals surface area contributed by atoms with E-state index in [2.05, 4.69) is 61.5 Å². The van der Waals surface area contributed by atoms with E-state index in [1.54, 1.807) is 12.1 Å². The molecule has 2 aliphatic carbocycles. The van der Waals surface area contributed by atoms with Crippen molar-refractivity contribution in [1.82, 2.24) is 18.7 Å². The highest BCUT2D eigenvalue weighted by Gasteiger charge is 2.26. The third-order valence-corrected chi connectivity index (χ3v) is 15.3. The molecule has 0 aliphatic heterocycles. The topological polar surface area (TPSA) is 54.5 Å². The Kier molecular flexibility index (Phi) is 13.8. The highest BCUT2D eigenvalue weighted by molar-refractivity contribution is 7.00. The maximum atomic E-state index is 15.9. The van der Waals surface area contributed by atoms with Gasteiger partial charge in [0.05, 0.1) is 5.52 Å². The van der Waals surface area contributed by atoms with Crippen LogP contribution >= 0.6 is 11.7 Å². The third kappa shape index (κ3) is 9.41. The van der Waals surface area contributed by atoms with Gasteiger partial charge in [0.2, 0.25) is 0 Å². The van der Waals surface area contributed by atoms with Crippen molar-refractivity contribution in [2.45, 2.75) is 148 Å². The molecule has 4 nitrogen and oxygen atoms in total. The molecule has 63 heavy (non-hydrogen) atoms. The molecule has 0 amide bonds. The zero-order chi connectivity index (χ0) is 43.3. The molecular weight excluding hydrogens is 799 g/mol. The van der Waals surface area contributed by atoms with E-state index in [0.29, 0.717) is 23.0 Å². The Morgan fingerprint density at radius 1 is 0.524 bits per heavy atom. The van der Waals surface area contributed by atoms with E-state index in [9.17, 15) is 0 Å². The number of hydrogen-bond donors (Lipinski definition) is 1. The van der Waals surface area contributed by atoms with Crippen LogP contribution in [0, 0.1) is 23.5 Å². The van der Waals surface area contributed by atoms with Crippen LogP contribution in [0.15, 0.2) is 84.9 Å². The van der Waals surface area contributed by atoms with Crippen molar-refractivity contribution in [3.8, 4) is 44.5 Å². The Labute approximate surface area is 377 Å². The number of unbranched alkanes of at least 4 members (excludes halogenated alkanes) is 4. The normalized spacial score (nSPS) is 19.3. The van der Waals surface area contributed by atoms with Gasteiger partial charge >= 0.3 is 0 Å². The number of aromatic amines is 1. The minimum atomic E-state index is -0.157. The van der Waals surface area contributed by atoms with Gasteiger partial charge < -0.3 is 0 Å². The van der Waals surface area contributed by atoms with Crippen molar-refractivity contribution in [1.29, 1.82) is 0 Å². The number of benzene rings is 5. The Hall–Kier alpha value is -4.75. The Balaban J connectivity index is 0.958. The van der Waals surface area contributed by atoms with Crippen molar-refractivity contribution in [2.75, 3.05) is 0 Å². The number of aryl methyl sites for hydroxylation is 1. The van der Waals surface area contributed by atoms with Crippen molar-refractivity contribution in [3.05, 3.63) is 114 Å². The fourth-order valence-corrected chi connectivity index (χ4v) is 11.6. The number of aromatic nitrogens is 4. The van der Waals surface area contributed by atoms with Crippen molar-refractivity contribution < 1.29 is 8.78 Å². The predicted molar refractivity (Wildman–Crippen MR) is 260 cm³/mol. The number of rotatable bonds is 16. The summed E-state index contributed by atoms with van der Waals surface area (Å²) in [5.41, 5.74) is 12.4. The third-order valence-electron chi connectivity index (χ3n) is 14.7. The molecule has 2 aliphatic rings. The lowest BCUT2D eigenvalue weighted by Crippen LogP contribution is -2.13. The zero-order valence-electron chi connectivity index (χ0n) is 37.6. The second kappa shape index (κ2) is 20.0. The SMILES string of the molecule is CCCCCC1CCC(c2ccc(-c3ccc(-c4c5nc(CCC)nc5c(-c5ccc(-c6ccc(C7CCC(CCCCC)CC7)cc6F)cc5)c5[nH]snc45)cc3)c(F)c2)CC1. The molecular formula is C56H64F2N4S. The maximum Gasteiger partial charge on any atom is 0.131 e. The standard InChI is InChI=1S/C56H64F2N4S/c1-4-7-9-12-36-14-18-38(19-15-36)44-30-32-46(48(57)34-44)40-22-26-42(27-23-40)51-53-54(60-50(59-53)11-6-3)52(56-55(51)61-63-62-56)43-28-24-41(25-29-43)47-33-31-45(35-49(47)58)39-20-16-37(17-21-39)13-10-8-5-2/h22-39,61H,4-21H2,1-3H3. The Morgan fingerprint density at radius 3 is 1.44 bits per heavy atom. The second-order valence-electron chi connectivity index (χ2n) is 18.9. The number of nitrogens with one attached hydrogen (secondary N) is 1. The van der Waals surface area contributed by atoms with E-state index in [0.717, 1.165) is 123 Å². The molecule has 0 bridgehead atoms. The first kappa shape index (κ1) is 43.5. The largest absolute Gasteiger partial charge is 0.293 e. The van der Waals surface area contributed by atoms with E-state index >= 15 is 8.78 Å². The van der Waals surface area contributed by atoms with Gasteiger partial charge in [-0.1, -0.05) is 145 Å². The molecule has 7 aromatic rings. The molecule has 0 unspecified atom stereocenters. The lowest BCUT2D eigenvalue weighted by Gasteiger charge is -2.29. The van der Waals surface area contributed by atoms with Gasteiger partial charge in [0, 0.05) is 40.4 Å². The fraction of sp³-hybridized carbons (Fsp3) is 0.446. The molecule has 1 N–H and O–H groups in total. The number of imidazole rings is 1.